The molecule has 1 N–H and O–H groups in total. The van der Waals surface area contributed by atoms with E-state index < -0.39 is 0 Å². The maximum Gasteiger partial charge on any atom is 0.175 e. The number of ether oxygens (including phenoxy) is 1. The van der Waals surface area contributed by atoms with Crippen LogP contribution in [0.15, 0.2) is 8.68 Å². The Balaban J connectivity index is 2.04. The summed E-state index contributed by atoms with van der Waals surface area (Å²) < 4.78 is 7.01. The molecule has 15 heavy (non-hydrogen) atoms. The zero-order valence-electron chi connectivity index (χ0n) is 8.86. The first-order valence-electron chi connectivity index (χ1n) is 4.56. The van der Waals surface area contributed by atoms with Crippen LogP contribution in [-0.2, 0) is 4.74 Å². The largest absolute Gasteiger partial charge is 0.383 e. The molecule has 86 valence electrons. The molecule has 1 rings (SSSR count). The first kappa shape index (κ1) is 13.2. The maximum atomic E-state index is 4.93. The standard InChI is InChI=1S/C8H15N3OS3/c1-12-5-3-9-4-6-14-8-11-10-7(13-2)15-8/h9H,3-6H2,1-2H3. The predicted octanol–water partition coefficient (Wildman–Crippen LogP) is 1.59. The lowest BCUT2D eigenvalue weighted by molar-refractivity contribution is 0.200. The lowest BCUT2D eigenvalue weighted by Gasteiger charge is -2.01. The van der Waals surface area contributed by atoms with Crippen molar-refractivity contribution in [1.82, 2.24) is 15.5 Å². The summed E-state index contributed by atoms with van der Waals surface area (Å²) in [6.45, 7) is 2.64. The first-order valence-corrected chi connectivity index (χ1v) is 7.59. The van der Waals surface area contributed by atoms with Gasteiger partial charge in [-0.3, -0.25) is 0 Å². The van der Waals surface area contributed by atoms with Gasteiger partial charge in [0.25, 0.3) is 0 Å². The van der Waals surface area contributed by atoms with Gasteiger partial charge in [0, 0.05) is 26.0 Å². The summed E-state index contributed by atoms with van der Waals surface area (Å²) in [6.07, 6.45) is 2.02. The summed E-state index contributed by atoms with van der Waals surface area (Å²) in [5, 5.41) is 11.4. The van der Waals surface area contributed by atoms with E-state index >= 15 is 0 Å². The molecule has 0 saturated heterocycles. The van der Waals surface area contributed by atoms with Crippen molar-refractivity contribution in [2.45, 2.75) is 8.68 Å². The fourth-order valence-electron chi connectivity index (χ4n) is 0.848. The molecule has 4 nitrogen and oxygen atoms in total. The number of hydrogen-bond donors (Lipinski definition) is 1. The Morgan fingerprint density at radius 2 is 2.13 bits per heavy atom. The fraction of sp³-hybridized carbons (Fsp3) is 0.750. The molecule has 7 heteroatoms. The molecule has 0 aliphatic heterocycles. The van der Waals surface area contributed by atoms with Gasteiger partial charge in [-0.1, -0.05) is 34.9 Å². The van der Waals surface area contributed by atoms with Crippen molar-refractivity contribution in [3.63, 3.8) is 0 Å². The van der Waals surface area contributed by atoms with Crippen molar-refractivity contribution < 1.29 is 4.74 Å². The van der Waals surface area contributed by atoms with Crippen LogP contribution in [0, 0.1) is 0 Å². The molecule has 0 bridgehead atoms. The summed E-state index contributed by atoms with van der Waals surface area (Å²) in [5.41, 5.74) is 0. The minimum Gasteiger partial charge on any atom is -0.383 e. The third-order valence-electron chi connectivity index (χ3n) is 1.55. The zero-order chi connectivity index (χ0) is 10.9. The number of methoxy groups -OCH3 is 1. The molecule has 0 aliphatic carbocycles. The summed E-state index contributed by atoms with van der Waals surface area (Å²) in [4.78, 5) is 0. The van der Waals surface area contributed by atoms with E-state index in [-0.39, 0.29) is 0 Å². The molecule has 0 unspecified atom stereocenters. The van der Waals surface area contributed by atoms with Gasteiger partial charge in [0.05, 0.1) is 6.61 Å². The monoisotopic (exact) mass is 265 g/mol. The van der Waals surface area contributed by atoms with E-state index in [0.717, 1.165) is 34.1 Å². The highest BCUT2D eigenvalue weighted by atomic mass is 32.2. The van der Waals surface area contributed by atoms with Crippen LogP contribution in [0.1, 0.15) is 0 Å². The summed E-state index contributed by atoms with van der Waals surface area (Å²) in [7, 11) is 1.71. The van der Waals surface area contributed by atoms with Crippen LogP contribution < -0.4 is 5.32 Å². The highest BCUT2D eigenvalue weighted by Crippen LogP contribution is 2.26. The third kappa shape index (κ3) is 5.72. The minimum atomic E-state index is 0.764. The Morgan fingerprint density at radius 1 is 1.33 bits per heavy atom. The van der Waals surface area contributed by atoms with E-state index in [1.54, 1.807) is 42.0 Å². The average Bonchev–Trinajstić information content (AvgIpc) is 2.71. The van der Waals surface area contributed by atoms with Gasteiger partial charge in [0.1, 0.15) is 0 Å². The van der Waals surface area contributed by atoms with Gasteiger partial charge in [-0.2, -0.15) is 0 Å². The molecule has 1 heterocycles. The van der Waals surface area contributed by atoms with Crippen molar-refractivity contribution in [3.05, 3.63) is 0 Å². The van der Waals surface area contributed by atoms with Gasteiger partial charge in [-0.25, -0.2) is 0 Å². The Kier molecular flexibility index (Phi) is 7.37. The van der Waals surface area contributed by atoms with Gasteiger partial charge >= 0.3 is 0 Å². The van der Waals surface area contributed by atoms with E-state index in [1.165, 1.54) is 0 Å². The first-order chi connectivity index (χ1) is 7.36. The lowest BCUT2D eigenvalue weighted by atomic mass is 10.6. The van der Waals surface area contributed by atoms with E-state index in [4.69, 9.17) is 4.74 Å². The van der Waals surface area contributed by atoms with Crippen LogP contribution in [0.25, 0.3) is 0 Å². The van der Waals surface area contributed by atoms with Crippen molar-refractivity contribution >= 4 is 34.9 Å². The highest BCUT2D eigenvalue weighted by molar-refractivity contribution is 8.02. The summed E-state index contributed by atoms with van der Waals surface area (Å²) in [6, 6.07) is 0. The van der Waals surface area contributed by atoms with Crippen LogP contribution in [0.4, 0.5) is 0 Å². The number of rotatable bonds is 8. The van der Waals surface area contributed by atoms with Crippen LogP contribution in [0.5, 0.6) is 0 Å². The number of nitrogens with one attached hydrogen (secondary N) is 1. The fourth-order valence-corrected chi connectivity index (χ4v) is 3.25. The number of nitrogens with zero attached hydrogens (tertiary/aromatic N) is 2. The predicted molar refractivity (Wildman–Crippen MR) is 67.2 cm³/mol. The molecule has 0 fully saturated rings. The van der Waals surface area contributed by atoms with Crippen molar-refractivity contribution in [3.8, 4) is 0 Å². The molecule has 0 spiro atoms. The van der Waals surface area contributed by atoms with E-state index in [2.05, 4.69) is 15.5 Å². The van der Waals surface area contributed by atoms with Gasteiger partial charge in [-0.15, -0.1) is 10.2 Å². The topological polar surface area (TPSA) is 47.0 Å². The Hall–Kier alpha value is 0.180. The lowest BCUT2D eigenvalue weighted by Crippen LogP contribution is -2.21. The molecular formula is C8H15N3OS3. The van der Waals surface area contributed by atoms with Gasteiger partial charge in [0.15, 0.2) is 8.68 Å². The van der Waals surface area contributed by atoms with Crippen molar-refractivity contribution in [2.24, 2.45) is 0 Å². The Labute approximate surface area is 103 Å². The second-order valence-electron chi connectivity index (χ2n) is 2.63. The molecule has 0 atom stereocenters. The van der Waals surface area contributed by atoms with E-state index in [9.17, 15) is 0 Å². The SMILES string of the molecule is COCCNCCSc1nnc(SC)s1. The van der Waals surface area contributed by atoms with E-state index in [0.29, 0.717) is 0 Å². The average molecular weight is 265 g/mol. The van der Waals surface area contributed by atoms with Crippen LogP contribution in [0.2, 0.25) is 0 Å². The zero-order valence-corrected chi connectivity index (χ0v) is 11.3. The summed E-state index contributed by atoms with van der Waals surface area (Å²) in [5.74, 6) is 1.02. The number of thioether (sulfide) groups is 2. The smallest absolute Gasteiger partial charge is 0.175 e. The summed E-state index contributed by atoms with van der Waals surface area (Å²) >= 11 is 5.03. The Morgan fingerprint density at radius 3 is 2.80 bits per heavy atom. The molecule has 0 aromatic carbocycles. The Bertz CT molecular complexity index is 269. The second kappa shape index (κ2) is 8.35. The number of hydrogen-bond acceptors (Lipinski definition) is 7. The molecule has 0 radical (unpaired) electrons. The van der Waals surface area contributed by atoms with Gasteiger partial charge in [0.2, 0.25) is 0 Å². The molecule has 1 aromatic heterocycles. The van der Waals surface area contributed by atoms with Crippen LogP contribution in [-0.4, -0.2) is 49.0 Å². The molecule has 1 aromatic rings. The van der Waals surface area contributed by atoms with E-state index in [1.807, 2.05) is 6.26 Å². The molecule has 0 saturated carbocycles. The van der Waals surface area contributed by atoms with Gasteiger partial charge in [-0.05, 0) is 6.26 Å². The van der Waals surface area contributed by atoms with Crippen LogP contribution in [0.3, 0.4) is 0 Å². The molecular weight excluding hydrogens is 250 g/mol. The highest BCUT2D eigenvalue weighted by Gasteiger charge is 2.02. The molecule has 0 aliphatic rings. The quantitative estimate of drug-likeness (QED) is 0.569. The third-order valence-corrected chi connectivity index (χ3v) is 4.58. The maximum absolute atomic E-state index is 4.93. The minimum absolute atomic E-state index is 0.764. The normalized spacial score (nSPS) is 10.8. The number of aromatic nitrogens is 2. The second-order valence-corrected chi connectivity index (χ2v) is 6.00. The van der Waals surface area contributed by atoms with Gasteiger partial charge < -0.3 is 10.1 Å². The molecule has 0 amide bonds. The van der Waals surface area contributed by atoms with Crippen molar-refractivity contribution in [2.75, 3.05) is 38.8 Å². The van der Waals surface area contributed by atoms with Crippen molar-refractivity contribution in [1.29, 1.82) is 0 Å². The van der Waals surface area contributed by atoms with Crippen LogP contribution >= 0.6 is 34.9 Å².